The van der Waals surface area contributed by atoms with Gasteiger partial charge in [-0.3, -0.25) is 9.89 Å². The van der Waals surface area contributed by atoms with Gasteiger partial charge in [-0.1, -0.05) is 24.3 Å². The molecule has 94 valence electrons. The van der Waals surface area contributed by atoms with Gasteiger partial charge in [0.05, 0.1) is 10.9 Å². The first-order chi connectivity index (χ1) is 9.25. The van der Waals surface area contributed by atoms with Crippen LogP contribution >= 0.6 is 0 Å². The van der Waals surface area contributed by atoms with E-state index in [1.54, 1.807) is 36.4 Å². The van der Waals surface area contributed by atoms with Crippen LogP contribution in [0.25, 0.3) is 10.9 Å². The Morgan fingerprint density at radius 1 is 1.11 bits per heavy atom. The maximum atomic E-state index is 13.7. The van der Waals surface area contributed by atoms with E-state index >= 15 is 0 Å². The van der Waals surface area contributed by atoms with Gasteiger partial charge >= 0.3 is 0 Å². The lowest BCUT2D eigenvalue weighted by Gasteiger charge is -2.02. The third-order valence-electron chi connectivity index (χ3n) is 2.81. The summed E-state index contributed by atoms with van der Waals surface area (Å²) in [6.07, 6.45) is 0. The highest BCUT2D eigenvalue weighted by Crippen LogP contribution is 2.23. The van der Waals surface area contributed by atoms with Crippen molar-refractivity contribution in [2.24, 2.45) is 0 Å². The number of H-pyrrole nitrogens is 1. The van der Waals surface area contributed by atoms with E-state index in [0.717, 1.165) is 0 Å². The van der Waals surface area contributed by atoms with Gasteiger partial charge in [0.1, 0.15) is 5.82 Å². The maximum absolute atomic E-state index is 13.7. The second-order valence-corrected chi connectivity index (χ2v) is 4.05. The molecule has 1 amide bonds. The van der Waals surface area contributed by atoms with Gasteiger partial charge in [-0.15, -0.1) is 0 Å². The molecular weight excluding hydrogens is 245 g/mol. The Bertz CT molecular complexity index is 737. The first kappa shape index (κ1) is 11.4. The Hall–Kier alpha value is -2.69. The number of aromatic nitrogens is 2. The zero-order valence-corrected chi connectivity index (χ0v) is 9.85. The molecule has 0 spiro atoms. The van der Waals surface area contributed by atoms with Crippen LogP contribution in [-0.2, 0) is 0 Å². The molecule has 0 radical (unpaired) electrons. The Morgan fingerprint density at radius 2 is 1.89 bits per heavy atom. The number of rotatable bonds is 2. The van der Waals surface area contributed by atoms with E-state index < -0.39 is 5.82 Å². The standard InChI is InChI=1S/C14H10FN3O/c15-10-7-4-8-11-12(10)13(18-17-11)16-14(19)9-5-2-1-3-6-9/h1-8H,(H2,16,17,18,19). The summed E-state index contributed by atoms with van der Waals surface area (Å²) in [5, 5.41) is 9.49. The smallest absolute Gasteiger partial charge is 0.256 e. The summed E-state index contributed by atoms with van der Waals surface area (Å²) in [5.74, 6) is -0.547. The fraction of sp³-hybridized carbons (Fsp3) is 0. The Balaban J connectivity index is 1.96. The van der Waals surface area contributed by atoms with Crippen molar-refractivity contribution in [2.45, 2.75) is 0 Å². The number of benzene rings is 2. The van der Waals surface area contributed by atoms with Gasteiger partial charge in [-0.25, -0.2) is 4.39 Å². The van der Waals surface area contributed by atoms with Crippen molar-refractivity contribution in [2.75, 3.05) is 5.32 Å². The average Bonchev–Trinajstić information content (AvgIpc) is 2.84. The monoisotopic (exact) mass is 255 g/mol. The van der Waals surface area contributed by atoms with Gasteiger partial charge in [0, 0.05) is 5.56 Å². The lowest BCUT2D eigenvalue weighted by atomic mass is 10.2. The molecular formula is C14H10FN3O. The van der Waals surface area contributed by atoms with Crippen LogP contribution in [0.5, 0.6) is 0 Å². The molecule has 0 saturated heterocycles. The first-order valence-corrected chi connectivity index (χ1v) is 5.75. The van der Waals surface area contributed by atoms with Crippen molar-refractivity contribution in [1.82, 2.24) is 10.2 Å². The molecule has 5 heteroatoms. The minimum atomic E-state index is -0.422. The Kier molecular flexibility index (Phi) is 2.72. The van der Waals surface area contributed by atoms with E-state index in [4.69, 9.17) is 0 Å². The number of hydrogen-bond acceptors (Lipinski definition) is 2. The number of amides is 1. The number of nitrogens with zero attached hydrogens (tertiary/aromatic N) is 1. The van der Waals surface area contributed by atoms with Crippen LogP contribution in [0.1, 0.15) is 10.4 Å². The second-order valence-electron chi connectivity index (χ2n) is 4.05. The van der Waals surface area contributed by atoms with Gasteiger partial charge in [0.15, 0.2) is 5.82 Å². The van der Waals surface area contributed by atoms with Crippen molar-refractivity contribution >= 4 is 22.6 Å². The molecule has 2 N–H and O–H groups in total. The number of hydrogen-bond donors (Lipinski definition) is 2. The normalized spacial score (nSPS) is 10.6. The molecule has 3 aromatic rings. The van der Waals surface area contributed by atoms with Crippen LogP contribution in [0.3, 0.4) is 0 Å². The van der Waals surface area contributed by atoms with Crippen molar-refractivity contribution < 1.29 is 9.18 Å². The lowest BCUT2D eigenvalue weighted by molar-refractivity contribution is 0.102. The topological polar surface area (TPSA) is 57.8 Å². The minimum Gasteiger partial charge on any atom is -0.304 e. The zero-order valence-electron chi connectivity index (χ0n) is 9.85. The molecule has 0 aliphatic rings. The summed E-state index contributed by atoms with van der Waals surface area (Å²) in [5.41, 5.74) is 1.04. The maximum Gasteiger partial charge on any atom is 0.256 e. The summed E-state index contributed by atoms with van der Waals surface area (Å²) in [6.45, 7) is 0. The summed E-state index contributed by atoms with van der Waals surface area (Å²) >= 11 is 0. The number of aromatic amines is 1. The number of halogens is 1. The van der Waals surface area contributed by atoms with Crippen LogP contribution in [0.4, 0.5) is 10.2 Å². The largest absolute Gasteiger partial charge is 0.304 e. The molecule has 0 aliphatic carbocycles. The molecule has 1 heterocycles. The molecule has 2 aromatic carbocycles. The Morgan fingerprint density at radius 3 is 2.68 bits per heavy atom. The predicted octanol–water partition coefficient (Wildman–Crippen LogP) is 2.95. The van der Waals surface area contributed by atoms with E-state index in [-0.39, 0.29) is 17.1 Å². The highest BCUT2D eigenvalue weighted by molar-refractivity contribution is 6.07. The summed E-state index contributed by atoms with van der Waals surface area (Å²) < 4.78 is 13.7. The van der Waals surface area contributed by atoms with E-state index in [9.17, 15) is 9.18 Å². The highest BCUT2D eigenvalue weighted by Gasteiger charge is 2.13. The van der Waals surface area contributed by atoms with Gasteiger partial charge in [-0.2, -0.15) is 5.10 Å². The van der Waals surface area contributed by atoms with Gasteiger partial charge in [0.2, 0.25) is 0 Å². The van der Waals surface area contributed by atoms with E-state index in [1.165, 1.54) is 6.07 Å². The Labute approximate surface area is 108 Å². The quantitative estimate of drug-likeness (QED) is 0.739. The van der Waals surface area contributed by atoms with Gasteiger partial charge < -0.3 is 5.32 Å². The zero-order chi connectivity index (χ0) is 13.2. The van der Waals surface area contributed by atoms with E-state index in [0.29, 0.717) is 11.1 Å². The van der Waals surface area contributed by atoms with Crippen LogP contribution in [-0.4, -0.2) is 16.1 Å². The van der Waals surface area contributed by atoms with E-state index in [1.807, 2.05) is 6.07 Å². The average molecular weight is 255 g/mol. The molecule has 0 fully saturated rings. The minimum absolute atomic E-state index is 0.196. The van der Waals surface area contributed by atoms with Crippen LogP contribution in [0.15, 0.2) is 48.5 Å². The molecule has 3 rings (SSSR count). The van der Waals surface area contributed by atoms with Crippen molar-refractivity contribution in [1.29, 1.82) is 0 Å². The molecule has 0 unspecified atom stereocenters. The highest BCUT2D eigenvalue weighted by atomic mass is 19.1. The predicted molar refractivity (Wildman–Crippen MR) is 70.4 cm³/mol. The van der Waals surface area contributed by atoms with Crippen molar-refractivity contribution in [3.63, 3.8) is 0 Å². The van der Waals surface area contributed by atoms with Crippen LogP contribution < -0.4 is 5.32 Å². The number of carbonyl (C=O) groups excluding carboxylic acids is 1. The van der Waals surface area contributed by atoms with Gasteiger partial charge in [0.25, 0.3) is 5.91 Å². The number of fused-ring (bicyclic) bond motifs is 1. The molecule has 0 atom stereocenters. The fourth-order valence-corrected chi connectivity index (χ4v) is 1.89. The van der Waals surface area contributed by atoms with Crippen LogP contribution in [0, 0.1) is 5.82 Å². The SMILES string of the molecule is O=C(Nc1n[nH]c2cccc(F)c12)c1ccccc1. The summed E-state index contributed by atoms with van der Waals surface area (Å²) in [7, 11) is 0. The molecule has 1 aromatic heterocycles. The fourth-order valence-electron chi connectivity index (χ4n) is 1.89. The van der Waals surface area contributed by atoms with Gasteiger partial charge in [-0.05, 0) is 24.3 Å². The van der Waals surface area contributed by atoms with Crippen molar-refractivity contribution in [3.05, 3.63) is 59.9 Å². The van der Waals surface area contributed by atoms with E-state index in [2.05, 4.69) is 15.5 Å². The molecule has 0 aliphatic heterocycles. The third kappa shape index (κ3) is 2.06. The number of nitrogens with one attached hydrogen (secondary N) is 2. The summed E-state index contributed by atoms with van der Waals surface area (Å²) in [6, 6.07) is 13.3. The van der Waals surface area contributed by atoms with Crippen LogP contribution in [0.2, 0.25) is 0 Å². The third-order valence-corrected chi connectivity index (χ3v) is 2.81. The molecule has 0 bridgehead atoms. The number of carbonyl (C=O) groups is 1. The molecule has 19 heavy (non-hydrogen) atoms. The molecule has 4 nitrogen and oxygen atoms in total. The number of anilines is 1. The summed E-state index contributed by atoms with van der Waals surface area (Å²) in [4.78, 5) is 12.0. The molecule has 0 saturated carbocycles. The van der Waals surface area contributed by atoms with Crippen molar-refractivity contribution in [3.8, 4) is 0 Å². The second kappa shape index (κ2) is 4.53. The lowest BCUT2D eigenvalue weighted by Crippen LogP contribution is -2.12. The first-order valence-electron chi connectivity index (χ1n) is 5.75.